The van der Waals surface area contributed by atoms with Crippen LogP contribution in [0.5, 0.6) is 0 Å². The fraction of sp³-hybridized carbons (Fsp3) is 0.800. The summed E-state index contributed by atoms with van der Waals surface area (Å²) >= 11 is 0. The molecular formula is C10H21NO2. The number of methoxy groups -OCH3 is 1. The minimum atomic E-state index is 0.0445. The molecule has 0 saturated heterocycles. The molecule has 13 heavy (non-hydrogen) atoms. The van der Waals surface area contributed by atoms with Gasteiger partial charge in [-0.05, 0) is 25.0 Å². The Hall–Kier alpha value is -0.380. The summed E-state index contributed by atoms with van der Waals surface area (Å²) in [5.74, 6) is 0.435. The topological polar surface area (TPSA) is 41.5 Å². The molecule has 2 unspecified atom stereocenters. The molecule has 0 aliphatic heterocycles. The van der Waals surface area contributed by atoms with Gasteiger partial charge in [-0.15, -0.1) is 0 Å². The van der Waals surface area contributed by atoms with Gasteiger partial charge in [-0.2, -0.15) is 0 Å². The molecule has 0 aromatic heterocycles. The lowest BCUT2D eigenvalue weighted by molar-refractivity contribution is 0.172. The van der Waals surface area contributed by atoms with Crippen LogP contribution in [0.2, 0.25) is 0 Å². The van der Waals surface area contributed by atoms with Gasteiger partial charge in [-0.1, -0.05) is 13.5 Å². The summed E-state index contributed by atoms with van der Waals surface area (Å²) in [6.07, 6.45) is 0.973. The number of nitrogens with one attached hydrogen (secondary N) is 1. The van der Waals surface area contributed by atoms with E-state index < -0.39 is 0 Å². The maximum Gasteiger partial charge on any atom is 0.0654 e. The van der Waals surface area contributed by atoms with Crippen molar-refractivity contribution in [2.45, 2.75) is 19.4 Å². The molecule has 0 aromatic rings. The van der Waals surface area contributed by atoms with Crippen LogP contribution in [0.3, 0.4) is 0 Å². The molecule has 0 aliphatic rings. The Morgan fingerprint density at radius 3 is 2.62 bits per heavy atom. The third-order valence-corrected chi connectivity index (χ3v) is 2.30. The zero-order chi connectivity index (χ0) is 10.3. The summed E-state index contributed by atoms with van der Waals surface area (Å²) in [6.45, 7) is 6.74. The number of rotatable bonds is 7. The average molecular weight is 187 g/mol. The molecule has 78 valence electrons. The van der Waals surface area contributed by atoms with Crippen LogP contribution in [-0.4, -0.2) is 38.5 Å². The number of hydrogen-bond donors (Lipinski definition) is 2. The number of hydrogen-bond acceptors (Lipinski definition) is 3. The van der Waals surface area contributed by atoms with Gasteiger partial charge in [-0.25, -0.2) is 0 Å². The van der Waals surface area contributed by atoms with Gasteiger partial charge < -0.3 is 15.2 Å². The average Bonchev–Trinajstić information content (AvgIpc) is 2.15. The molecule has 0 spiro atoms. The second kappa shape index (κ2) is 7.06. The van der Waals surface area contributed by atoms with Crippen LogP contribution in [0.4, 0.5) is 0 Å². The second-order valence-corrected chi connectivity index (χ2v) is 3.34. The van der Waals surface area contributed by atoms with Crippen molar-refractivity contribution < 1.29 is 9.84 Å². The van der Waals surface area contributed by atoms with Crippen molar-refractivity contribution in [1.82, 2.24) is 5.32 Å². The third kappa shape index (κ3) is 4.41. The van der Waals surface area contributed by atoms with Crippen LogP contribution in [0.15, 0.2) is 12.2 Å². The van der Waals surface area contributed by atoms with E-state index in [2.05, 4.69) is 18.8 Å². The molecule has 2 N–H and O–H groups in total. The lowest BCUT2D eigenvalue weighted by Gasteiger charge is -2.24. The predicted molar refractivity (Wildman–Crippen MR) is 54.7 cm³/mol. The van der Waals surface area contributed by atoms with E-state index in [0.717, 1.165) is 18.6 Å². The minimum Gasteiger partial charge on any atom is -0.392 e. The van der Waals surface area contributed by atoms with Gasteiger partial charge in [0.2, 0.25) is 0 Å². The summed E-state index contributed by atoms with van der Waals surface area (Å²) < 4.78 is 5.00. The fourth-order valence-corrected chi connectivity index (χ4v) is 1.46. The minimum absolute atomic E-state index is 0.0445. The lowest BCUT2D eigenvalue weighted by atomic mass is 9.93. The molecule has 3 heteroatoms. The van der Waals surface area contributed by atoms with Gasteiger partial charge in [0.1, 0.15) is 0 Å². The Labute approximate surface area is 80.8 Å². The molecule has 0 fully saturated rings. The monoisotopic (exact) mass is 187 g/mol. The highest BCUT2D eigenvalue weighted by molar-refractivity contribution is 5.06. The van der Waals surface area contributed by atoms with Crippen molar-refractivity contribution >= 4 is 0 Å². The molecule has 0 aliphatic carbocycles. The molecule has 3 nitrogen and oxygen atoms in total. The van der Waals surface area contributed by atoms with Crippen LogP contribution >= 0.6 is 0 Å². The highest BCUT2D eigenvalue weighted by Gasteiger charge is 2.17. The van der Waals surface area contributed by atoms with Gasteiger partial charge in [0.25, 0.3) is 0 Å². The SMILES string of the molecule is C=C(CO)C(NC)C(C)CCOC. The van der Waals surface area contributed by atoms with Crippen molar-refractivity contribution in [2.75, 3.05) is 27.4 Å². The van der Waals surface area contributed by atoms with E-state index in [1.54, 1.807) is 7.11 Å². The Balaban J connectivity index is 3.98. The largest absolute Gasteiger partial charge is 0.392 e. The zero-order valence-electron chi connectivity index (χ0n) is 8.84. The van der Waals surface area contributed by atoms with E-state index >= 15 is 0 Å². The smallest absolute Gasteiger partial charge is 0.0654 e. The van der Waals surface area contributed by atoms with Crippen molar-refractivity contribution in [3.8, 4) is 0 Å². The molecule has 0 heterocycles. The highest BCUT2D eigenvalue weighted by Crippen LogP contribution is 2.14. The highest BCUT2D eigenvalue weighted by atomic mass is 16.5. The Bertz CT molecular complexity index is 148. The second-order valence-electron chi connectivity index (χ2n) is 3.34. The van der Waals surface area contributed by atoms with Gasteiger partial charge in [-0.3, -0.25) is 0 Å². The summed E-state index contributed by atoms with van der Waals surface area (Å²) in [5, 5.41) is 12.1. The van der Waals surface area contributed by atoms with Crippen molar-refractivity contribution in [2.24, 2.45) is 5.92 Å². The number of likely N-dealkylation sites (N-methyl/N-ethyl adjacent to an activating group) is 1. The summed E-state index contributed by atoms with van der Waals surface area (Å²) in [6, 6.07) is 0.181. The number of ether oxygens (including phenoxy) is 1. The fourth-order valence-electron chi connectivity index (χ4n) is 1.46. The predicted octanol–water partition coefficient (Wildman–Crippen LogP) is 0.795. The number of aliphatic hydroxyl groups is 1. The first-order valence-electron chi connectivity index (χ1n) is 4.62. The number of aliphatic hydroxyl groups excluding tert-OH is 1. The first kappa shape index (κ1) is 12.6. The van der Waals surface area contributed by atoms with E-state index in [1.807, 2.05) is 7.05 Å². The summed E-state index contributed by atoms with van der Waals surface area (Å²) in [4.78, 5) is 0. The maximum atomic E-state index is 8.94. The van der Waals surface area contributed by atoms with Gasteiger partial charge in [0, 0.05) is 19.8 Å². The molecule has 0 amide bonds. The lowest BCUT2D eigenvalue weighted by Crippen LogP contribution is -2.35. The van der Waals surface area contributed by atoms with Gasteiger partial charge in [0.05, 0.1) is 6.61 Å². The summed E-state index contributed by atoms with van der Waals surface area (Å²) in [7, 11) is 3.58. The standard InChI is InChI=1S/C10H21NO2/c1-8(5-6-13-4)10(11-3)9(2)7-12/h8,10-12H,2,5-7H2,1,3-4H3. The first-order valence-corrected chi connectivity index (χ1v) is 4.62. The van der Waals surface area contributed by atoms with E-state index in [9.17, 15) is 0 Å². The summed E-state index contributed by atoms with van der Waals surface area (Å²) in [5.41, 5.74) is 0.839. The van der Waals surface area contributed by atoms with E-state index in [-0.39, 0.29) is 12.6 Å². The van der Waals surface area contributed by atoms with Crippen molar-refractivity contribution in [3.63, 3.8) is 0 Å². The van der Waals surface area contributed by atoms with Crippen LogP contribution in [0, 0.1) is 5.92 Å². The Morgan fingerprint density at radius 1 is 1.62 bits per heavy atom. The van der Waals surface area contributed by atoms with Crippen LogP contribution in [-0.2, 0) is 4.74 Å². The van der Waals surface area contributed by atoms with E-state index in [0.29, 0.717) is 5.92 Å². The van der Waals surface area contributed by atoms with Crippen molar-refractivity contribution in [3.05, 3.63) is 12.2 Å². The molecule has 0 radical (unpaired) electrons. The van der Waals surface area contributed by atoms with Gasteiger partial charge in [0.15, 0.2) is 0 Å². The molecule has 2 atom stereocenters. The maximum absolute atomic E-state index is 8.94. The van der Waals surface area contributed by atoms with Crippen LogP contribution in [0.25, 0.3) is 0 Å². The quantitative estimate of drug-likeness (QED) is 0.579. The van der Waals surface area contributed by atoms with Crippen molar-refractivity contribution in [1.29, 1.82) is 0 Å². The zero-order valence-corrected chi connectivity index (χ0v) is 8.84. The normalized spacial score (nSPS) is 15.4. The molecule has 0 aromatic carbocycles. The molecule has 0 bridgehead atoms. The Morgan fingerprint density at radius 2 is 2.23 bits per heavy atom. The van der Waals surface area contributed by atoms with Crippen LogP contribution < -0.4 is 5.32 Å². The first-order chi connectivity index (χ1) is 6.17. The van der Waals surface area contributed by atoms with Gasteiger partial charge >= 0.3 is 0 Å². The molecule has 0 rings (SSSR count). The van der Waals surface area contributed by atoms with Crippen LogP contribution in [0.1, 0.15) is 13.3 Å². The van der Waals surface area contributed by atoms with E-state index in [4.69, 9.17) is 9.84 Å². The molecule has 0 saturated carbocycles. The molecular weight excluding hydrogens is 166 g/mol. The van der Waals surface area contributed by atoms with E-state index in [1.165, 1.54) is 0 Å². The third-order valence-electron chi connectivity index (χ3n) is 2.30. The Kier molecular flexibility index (Phi) is 6.86.